The molecule has 0 aliphatic carbocycles. The first-order valence-corrected chi connectivity index (χ1v) is 13.4. The summed E-state index contributed by atoms with van der Waals surface area (Å²) in [6, 6.07) is 20.2. The normalized spacial score (nSPS) is 11.0. The Labute approximate surface area is 222 Å². The van der Waals surface area contributed by atoms with E-state index in [1.807, 2.05) is 49.4 Å². The third-order valence-electron chi connectivity index (χ3n) is 5.17. The van der Waals surface area contributed by atoms with Gasteiger partial charge in [-0.2, -0.15) is 4.68 Å². The summed E-state index contributed by atoms with van der Waals surface area (Å²) >= 11 is 5.25. The third-order valence-corrected chi connectivity index (χ3v) is 6.76. The van der Waals surface area contributed by atoms with Crippen molar-refractivity contribution in [1.82, 2.24) is 25.5 Å². The van der Waals surface area contributed by atoms with Crippen molar-refractivity contribution in [2.24, 2.45) is 0 Å². The molecule has 1 heterocycles. The summed E-state index contributed by atoms with van der Waals surface area (Å²) in [4.78, 5) is 0. The van der Waals surface area contributed by atoms with Crippen LogP contribution in [0, 0.1) is 5.82 Å². The van der Waals surface area contributed by atoms with Gasteiger partial charge < -0.3 is 14.8 Å². The van der Waals surface area contributed by atoms with E-state index in [0.717, 1.165) is 45.2 Å². The van der Waals surface area contributed by atoms with Crippen molar-refractivity contribution in [1.29, 1.82) is 0 Å². The van der Waals surface area contributed by atoms with E-state index in [4.69, 9.17) is 9.47 Å². The molecule has 0 atom stereocenters. The highest BCUT2D eigenvalue weighted by atomic mass is 79.9. The van der Waals surface area contributed by atoms with Gasteiger partial charge in [-0.3, -0.25) is 0 Å². The molecule has 0 saturated heterocycles. The summed E-state index contributed by atoms with van der Waals surface area (Å²) in [5.74, 6) is 1.94. The molecule has 188 valence electrons. The smallest absolute Gasteiger partial charge is 0.214 e. The Morgan fingerprint density at radius 2 is 1.83 bits per heavy atom. The van der Waals surface area contributed by atoms with Crippen LogP contribution in [0.25, 0.3) is 5.69 Å². The Morgan fingerprint density at radius 3 is 2.61 bits per heavy atom. The molecular weight excluding hydrogens is 545 g/mol. The lowest BCUT2D eigenvalue weighted by Gasteiger charge is -2.16. The van der Waals surface area contributed by atoms with Crippen molar-refractivity contribution in [3.05, 3.63) is 88.1 Å². The van der Waals surface area contributed by atoms with Crippen LogP contribution in [0.2, 0.25) is 0 Å². The molecule has 0 saturated carbocycles. The molecule has 1 aromatic heterocycles. The quantitative estimate of drug-likeness (QED) is 0.160. The summed E-state index contributed by atoms with van der Waals surface area (Å²) in [5.41, 5.74) is 2.91. The van der Waals surface area contributed by atoms with Crippen LogP contribution >= 0.6 is 27.7 Å². The van der Waals surface area contributed by atoms with Gasteiger partial charge in [0.25, 0.3) is 0 Å². The van der Waals surface area contributed by atoms with Gasteiger partial charge in [0.1, 0.15) is 12.4 Å². The molecule has 0 amide bonds. The van der Waals surface area contributed by atoms with Crippen molar-refractivity contribution in [2.45, 2.75) is 31.7 Å². The maximum Gasteiger partial charge on any atom is 0.214 e. The second-order valence-electron chi connectivity index (χ2n) is 7.84. The first-order valence-electron chi connectivity index (χ1n) is 11.6. The molecule has 1 N–H and O–H groups in total. The standard InChI is InChI=1S/C26H27BrFN5O2S/c1-2-34-24-16-20(15-23(27)25(24)35-18-19-9-11-21(28)12-10-19)17-29-13-6-14-36-26-30-31-32-33(26)22-7-4-3-5-8-22/h3-5,7-12,15-16,29H,2,6,13-14,17-18H2,1H3. The summed E-state index contributed by atoms with van der Waals surface area (Å²) < 4.78 is 27.6. The number of para-hydroxylation sites is 1. The average Bonchev–Trinajstić information content (AvgIpc) is 3.36. The number of halogens is 2. The van der Waals surface area contributed by atoms with Crippen molar-refractivity contribution >= 4 is 27.7 Å². The highest BCUT2D eigenvalue weighted by Gasteiger charge is 2.13. The number of tetrazole rings is 1. The number of thioether (sulfide) groups is 1. The zero-order valence-electron chi connectivity index (χ0n) is 19.9. The Morgan fingerprint density at radius 1 is 1.03 bits per heavy atom. The summed E-state index contributed by atoms with van der Waals surface area (Å²) in [7, 11) is 0. The number of aromatic nitrogens is 4. The molecule has 4 rings (SSSR count). The molecule has 0 aliphatic heterocycles. The Balaban J connectivity index is 1.26. The third kappa shape index (κ3) is 7.28. The molecule has 0 fully saturated rings. The molecule has 3 aromatic carbocycles. The lowest BCUT2D eigenvalue weighted by molar-refractivity contribution is 0.267. The number of rotatable bonds is 13. The number of benzene rings is 3. The molecule has 0 unspecified atom stereocenters. The van der Waals surface area contributed by atoms with Gasteiger partial charge in [-0.15, -0.1) is 5.10 Å². The predicted molar refractivity (Wildman–Crippen MR) is 142 cm³/mol. The molecular formula is C26H27BrFN5O2S. The van der Waals surface area contributed by atoms with E-state index in [2.05, 4.69) is 36.8 Å². The molecule has 4 aromatic rings. The molecule has 0 aliphatic rings. The fourth-order valence-corrected chi connectivity index (χ4v) is 4.89. The van der Waals surface area contributed by atoms with E-state index >= 15 is 0 Å². The van der Waals surface area contributed by atoms with Gasteiger partial charge in [0.2, 0.25) is 5.16 Å². The molecule has 0 radical (unpaired) electrons. The van der Waals surface area contributed by atoms with E-state index in [9.17, 15) is 4.39 Å². The van der Waals surface area contributed by atoms with Gasteiger partial charge in [-0.25, -0.2) is 4.39 Å². The Bertz CT molecular complexity index is 1240. The number of hydrogen-bond acceptors (Lipinski definition) is 7. The molecule has 7 nitrogen and oxygen atoms in total. The maximum absolute atomic E-state index is 13.2. The predicted octanol–water partition coefficient (Wildman–Crippen LogP) is 5.81. The first-order chi connectivity index (χ1) is 17.6. The van der Waals surface area contributed by atoms with Gasteiger partial charge in [0.15, 0.2) is 11.5 Å². The first kappa shape index (κ1) is 26.1. The van der Waals surface area contributed by atoms with Crippen molar-refractivity contribution in [3.8, 4) is 17.2 Å². The maximum atomic E-state index is 13.2. The lowest BCUT2D eigenvalue weighted by Crippen LogP contribution is -2.15. The summed E-state index contributed by atoms with van der Waals surface area (Å²) in [6.45, 7) is 4.33. The van der Waals surface area contributed by atoms with Crippen LogP contribution < -0.4 is 14.8 Å². The Kier molecular flexibility index (Phi) is 9.71. The van der Waals surface area contributed by atoms with E-state index < -0.39 is 0 Å². The van der Waals surface area contributed by atoms with Crippen LogP contribution in [0.5, 0.6) is 11.5 Å². The second kappa shape index (κ2) is 13.4. The zero-order chi connectivity index (χ0) is 25.2. The number of nitrogens with one attached hydrogen (secondary N) is 1. The van der Waals surface area contributed by atoms with Crippen molar-refractivity contribution < 1.29 is 13.9 Å². The SMILES string of the molecule is CCOc1cc(CNCCCSc2nnnn2-c2ccccc2)cc(Br)c1OCc1ccc(F)cc1. The van der Waals surface area contributed by atoms with E-state index in [1.54, 1.807) is 28.6 Å². The van der Waals surface area contributed by atoms with E-state index in [-0.39, 0.29) is 5.82 Å². The number of ether oxygens (including phenoxy) is 2. The second-order valence-corrected chi connectivity index (χ2v) is 9.76. The number of hydrogen-bond donors (Lipinski definition) is 1. The fraction of sp³-hybridized carbons (Fsp3) is 0.269. The number of nitrogens with zero attached hydrogens (tertiary/aromatic N) is 4. The monoisotopic (exact) mass is 571 g/mol. The topological polar surface area (TPSA) is 74.1 Å². The van der Waals surface area contributed by atoms with Crippen molar-refractivity contribution in [3.63, 3.8) is 0 Å². The van der Waals surface area contributed by atoms with Gasteiger partial charge in [0, 0.05) is 12.3 Å². The minimum absolute atomic E-state index is 0.266. The van der Waals surface area contributed by atoms with E-state index in [0.29, 0.717) is 31.3 Å². The van der Waals surface area contributed by atoms with Gasteiger partial charge in [-0.05, 0) is 93.8 Å². The zero-order valence-corrected chi connectivity index (χ0v) is 22.3. The van der Waals surface area contributed by atoms with Gasteiger partial charge >= 0.3 is 0 Å². The molecule has 36 heavy (non-hydrogen) atoms. The summed E-state index contributed by atoms with van der Waals surface area (Å²) in [6.07, 6.45) is 0.963. The van der Waals surface area contributed by atoms with Crippen LogP contribution in [0.15, 0.2) is 76.4 Å². The highest BCUT2D eigenvalue weighted by molar-refractivity contribution is 9.10. The Hall–Kier alpha value is -2.95. The summed E-state index contributed by atoms with van der Waals surface area (Å²) in [5, 5.41) is 16.3. The van der Waals surface area contributed by atoms with Gasteiger partial charge in [0.05, 0.1) is 16.8 Å². The van der Waals surface area contributed by atoms with Crippen LogP contribution in [0.4, 0.5) is 4.39 Å². The van der Waals surface area contributed by atoms with Crippen LogP contribution in [0.3, 0.4) is 0 Å². The van der Waals surface area contributed by atoms with Crippen LogP contribution in [-0.4, -0.2) is 39.1 Å². The minimum Gasteiger partial charge on any atom is -0.490 e. The highest BCUT2D eigenvalue weighted by Crippen LogP contribution is 2.37. The van der Waals surface area contributed by atoms with Crippen LogP contribution in [0.1, 0.15) is 24.5 Å². The average molecular weight is 573 g/mol. The van der Waals surface area contributed by atoms with Crippen LogP contribution in [-0.2, 0) is 13.2 Å². The lowest BCUT2D eigenvalue weighted by atomic mass is 10.2. The molecule has 0 bridgehead atoms. The molecule has 10 heteroatoms. The fourth-order valence-electron chi connectivity index (χ4n) is 3.46. The largest absolute Gasteiger partial charge is 0.490 e. The minimum atomic E-state index is -0.266. The molecule has 0 spiro atoms. The van der Waals surface area contributed by atoms with Crippen molar-refractivity contribution in [2.75, 3.05) is 18.9 Å². The van der Waals surface area contributed by atoms with Gasteiger partial charge in [-0.1, -0.05) is 42.1 Å². The van der Waals surface area contributed by atoms with E-state index in [1.165, 1.54) is 12.1 Å².